The Bertz CT molecular complexity index is 170. The summed E-state index contributed by atoms with van der Waals surface area (Å²) in [6.45, 7) is 1.85. The van der Waals surface area contributed by atoms with Gasteiger partial charge in [-0.3, -0.25) is 0 Å². The monoisotopic (exact) mass is 146 g/mol. The van der Waals surface area contributed by atoms with Crippen molar-refractivity contribution in [1.29, 1.82) is 0 Å². The molecule has 0 spiro atoms. The molecule has 1 aliphatic rings. The first-order valence-corrected chi connectivity index (χ1v) is 3.25. The Hall–Kier alpha value is -0.300. The molecule has 1 aliphatic carbocycles. The number of hydrogen-bond acceptors (Lipinski definition) is 0. The van der Waals surface area contributed by atoms with Gasteiger partial charge in [0, 0.05) is 11.5 Å². The summed E-state index contributed by atoms with van der Waals surface area (Å²) in [4.78, 5) is 0. The molecule has 0 aromatic heterocycles. The molecule has 1 atom stereocenters. The number of allylic oxidation sites excluding steroid dienone is 4. The molecule has 0 aromatic rings. The topological polar surface area (TPSA) is 0 Å². The minimum Gasteiger partial charge on any atom is -0.243 e. The summed E-state index contributed by atoms with van der Waals surface area (Å²) in [6.07, 6.45) is 2.72. The summed E-state index contributed by atoms with van der Waals surface area (Å²) in [5.74, 6) is 0. The Morgan fingerprint density at radius 1 is 1.78 bits per heavy atom. The number of rotatable bonds is 0. The third kappa shape index (κ3) is 1.55. The van der Waals surface area contributed by atoms with Crippen molar-refractivity contribution >= 4 is 11.6 Å². The van der Waals surface area contributed by atoms with Gasteiger partial charge in [0.05, 0.1) is 0 Å². The second-order valence-electron chi connectivity index (χ2n) is 2.21. The van der Waals surface area contributed by atoms with Gasteiger partial charge in [0.2, 0.25) is 0 Å². The Kier molecular flexibility index (Phi) is 1.91. The van der Waals surface area contributed by atoms with Crippen LogP contribution in [0.2, 0.25) is 0 Å². The molecule has 0 heterocycles. The lowest BCUT2D eigenvalue weighted by Crippen LogP contribution is -2.00. The van der Waals surface area contributed by atoms with Crippen LogP contribution in [0.3, 0.4) is 0 Å². The van der Waals surface area contributed by atoms with Crippen LogP contribution in [-0.4, -0.2) is 6.17 Å². The highest BCUT2D eigenvalue weighted by Crippen LogP contribution is 2.22. The van der Waals surface area contributed by atoms with Crippen molar-refractivity contribution in [3.63, 3.8) is 0 Å². The van der Waals surface area contributed by atoms with Gasteiger partial charge in [0.15, 0.2) is 0 Å². The predicted octanol–water partition coefficient (Wildman–Crippen LogP) is 2.80. The molecule has 0 bridgehead atoms. The first-order chi connectivity index (χ1) is 4.20. The highest BCUT2D eigenvalue weighted by molar-refractivity contribution is 6.31. The smallest absolute Gasteiger partial charge is 0.122 e. The molecule has 0 nitrogen and oxygen atoms in total. The van der Waals surface area contributed by atoms with E-state index in [1.54, 1.807) is 6.08 Å². The van der Waals surface area contributed by atoms with Crippen molar-refractivity contribution in [2.45, 2.75) is 19.5 Å². The zero-order valence-corrected chi connectivity index (χ0v) is 5.95. The Labute approximate surface area is 59.0 Å². The fraction of sp³-hybridized carbons (Fsp3) is 0.429. The average Bonchev–Trinajstić information content (AvgIpc) is 1.80. The fourth-order valence-electron chi connectivity index (χ4n) is 0.789. The molecule has 0 aromatic carbocycles. The molecule has 0 saturated carbocycles. The van der Waals surface area contributed by atoms with E-state index in [2.05, 4.69) is 0 Å². The molecule has 1 rings (SSSR count). The molecule has 0 radical (unpaired) electrons. The SMILES string of the molecule is CC1=C(Cl)C=CC(F)C1. The van der Waals surface area contributed by atoms with Crippen LogP contribution in [-0.2, 0) is 0 Å². The lowest BCUT2D eigenvalue weighted by Gasteiger charge is -2.09. The van der Waals surface area contributed by atoms with Crippen LogP contribution < -0.4 is 0 Å². The standard InChI is InChI=1S/C7H8ClF/c1-5-4-6(9)2-3-7(5)8/h2-3,6H,4H2,1H3. The van der Waals surface area contributed by atoms with Crippen LogP contribution in [0.5, 0.6) is 0 Å². The Balaban J connectivity index is 2.75. The molecule has 9 heavy (non-hydrogen) atoms. The molecule has 50 valence electrons. The zero-order valence-electron chi connectivity index (χ0n) is 5.20. The van der Waals surface area contributed by atoms with Crippen LogP contribution in [0.25, 0.3) is 0 Å². The van der Waals surface area contributed by atoms with Gasteiger partial charge in [0.1, 0.15) is 6.17 Å². The van der Waals surface area contributed by atoms with Crippen LogP contribution in [0.1, 0.15) is 13.3 Å². The van der Waals surface area contributed by atoms with Crippen LogP contribution in [0.4, 0.5) is 4.39 Å². The van der Waals surface area contributed by atoms with E-state index >= 15 is 0 Å². The van der Waals surface area contributed by atoms with Gasteiger partial charge in [-0.25, -0.2) is 4.39 Å². The van der Waals surface area contributed by atoms with Gasteiger partial charge in [0.25, 0.3) is 0 Å². The Morgan fingerprint density at radius 3 is 2.89 bits per heavy atom. The predicted molar refractivity (Wildman–Crippen MR) is 37.2 cm³/mol. The maximum absolute atomic E-state index is 12.4. The Morgan fingerprint density at radius 2 is 2.44 bits per heavy atom. The molecule has 0 fully saturated rings. The summed E-state index contributed by atoms with van der Waals surface area (Å²) < 4.78 is 12.4. The number of halogens is 2. The average molecular weight is 147 g/mol. The first-order valence-electron chi connectivity index (χ1n) is 2.87. The van der Waals surface area contributed by atoms with Gasteiger partial charge in [-0.1, -0.05) is 17.2 Å². The summed E-state index contributed by atoms with van der Waals surface area (Å²) >= 11 is 5.66. The van der Waals surface area contributed by atoms with Gasteiger partial charge in [-0.15, -0.1) is 0 Å². The molecule has 0 saturated heterocycles. The van der Waals surface area contributed by atoms with Crippen LogP contribution in [0.15, 0.2) is 22.8 Å². The molecule has 0 N–H and O–H groups in total. The normalized spacial score (nSPS) is 27.2. The minimum absolute atomic E-state index is 0.454. The lowest BCUT2D eigenvalue weighted by atomic mass is 10.1. The molecular weight excluding hydrogens is 139 g/mol. The van der Waals surface area contributed by atoms with E-state index in [1.165, 1.54) is 6.08 Å². The number of alkyl halides is 1. The molecule has 2 heteroatoms. The van der Waals surface area contributed by atoms with E-state index < -0.39 is 6.17 Å². The van der Waals surface area contributed by atoms with Crippen molar-refractivity contribution in [3.05, 3.63) is 22.8 Å². The highest BCUT2D eigenvalue weighted by atomic mass is 35.5. The summed E-state index contributed by atoms with van der Waals surface area (Å²) in [7, 11) is 0. The fourth-order valence-corrected chi connectivity index (χ4v) is 0.939. The quantitative estimate of drug-likeness (QED) is 0.493. The van der Waals surface area contributed by atoms with Crippen molar-refractivity contribution in [1.82, 2.24) is 0 Å². The van der Waals surface area contributed by atoms with E-state index in [9.17, 15) is 4.39 Å². The van der Waals surface area contributed by atoms with E-state index in [0.717, 1.165) is 5.57 Å². The number of hydrogen-bond donors (Lipinski definition) is 0. The summed E-state index contributed by atoms with van der Waals surface area (Å²) in [6, 6.07) is 0. The maximum Gasteiger partial charge on any atom is 0.122 e. The minimum atomic E-state index is -0.826. The van der Waals surface area contributed by atoms with E-state index in [0.29, 0.717) is 11.5 Å². The van der Waals surface area contributed by atoms with Crippen LogP contribution >= 0.6 is 11.6 Å². The van der Waals surface area contributed by atoms with Crippen molar-refractivity contribution in [2.75, 3.05) is 0 Å². The molecule has 0 aliphatic heterocycles. The zero-order chi connectivity index (χ0) is 6.85. The first kappa shape index (κ1) is 6.81. The third-order valence-electron chi connectivity index (χ3n) is 1.36. The lowest BCUT2D eigenvalue weighted by molar-refractivity contribution is 0.394. The second kappa shape index (κ2) is 2.53. The molecule has 0 amide bonds. The van der Waals surface area contributed by atoms with Crippen molar-refractivity contribution < 1.29 is 4.39 Å². The highest BCUT2D eigenvalue weighted by Gasteiger charge is 2.09. The van der Waals surface area contributed by atoms with Gasteiger partial charge < -0.3 is 0 Å². The largest absolute Gasteiger partial charge is 0.243 e. The van der Waals surface area contributed by atoms with Crippen molar-refractivity contribution in [2.24, 2.45) is 0 Å². The van der Waals surface area contributed by atoms with E-state index in [4.69, 9.17) is 11.6 Å². The van der Waals surface area contributed by atoms with Crippen molar-refractivity contribution in [3.8, 4) is 0 Å². The van der Waals surface area contributed by atoms with Crippen LogP contribution in [0, 0.1) is 0 Å². The molecular formula is C7H8ClF. The van der Waals surface area contributed by atoms with Gasteiger partial charge in [-0.2, -0.15) is 0 Å². The maximum atomic E-state index is 12.4. The third-order valence-corrected chi connectivity index (χ3v) is 1.81. The summed E-state index contributed by atoms with van der Waals surface area (Å²) in [5, 5.41) is 0.684. The molecule has 1 unspecified atom stereocenters. The van der Waals surface area contributed by atoms with Gasteiger partial charge in [-0.05, 0) is 19.1 Å². The summed E-state index contributed by atoms with van der Waals surface area (Å²) in [5.41, 5.74) is 0.937. The second-order valence-corrected chi connectivity index (χ2v) is 2.61. The van der Waals surface area contributed by atoms with Gasteiger partial charge >= 0.3 is 0 Å². The van der Waals surface area contributed by atoms with E-state index in [-0.39, 0.29) is 0 Å². The van der Waals surface area contributed by atoms with E-state index in [1.807, 2.05) is 6.92 Å².